The highest BCUT2D eigenvalue weighted by molar-refractivity contribution is 5.43. The van der Waals surface area contributed by atoms with Crippen LogP contribution in [0.15, 0.2) is 24.8 Å². The van der Waals surface area contributed by atoms with Crippen molar-refractivity contribution in [2.75, 3.05) is 20.2 Å². The number of nitrogens with one attached hydrogen (secondary N) is 1. The van der Waals surface area contributed by atoms with Gasteiger partial charge in [-0.05, 0) is 37.1 Å². The third-order valence-corrected chi connectivity index (χ3v) is 2.83. The van der Waals surface area contributed by atoms with E-state index >= 15 is 0 Å². The summed E-state index contributed by atoms with van der Waals surface area (Å²) in [5.74, 6) is 0.737. The van der Waals surface area contributed by atoms with Gasteiger partial charge in [0.05, 0.1) is 13.2 Å². The first-order valence-electron chi connectivity index (χ1n) is 5.75. The van der Waals surface area contributed by atoms with Gasteiger partial charge in [0, 0.05) is 18.7 Å². The van der Waals surface area contributed by atoms with Crippen LogP contribution < -0.4 is 10.1 Å². The van der Waals surface area contributed by atoms with E-state index in [9.17, 15) is 5.11 Å². The summed E-state index contributed by atoms with van der Waals surface area (Å²) in [4.78, 5) is 0. The number of benzene rings is 1. The molecule has 0 aliphatic carbocycles. The van der Waals surface area contributed by atoms with Crippen LogP contribution in [0.2, 0.25) is 0 Å². The summed E-state index contributed by atoms with van der Waals surface area (Å²) in [6.07, 6.45) is 1.20. The van der Waals surface area contributed by atoms with Gasteiger partial charge in [0.25, 0.3) is 0 Å². The molecule has 0 aliphatic rings. The first-order valence-corrected chi connectivity index (χ1v) is 5.75. The first-order chi connectivity index (χ1) is 8.10. The molecule has 0 bridgehead atoms. The molecule has 1 rings (SSSR count). The molecule has 1 atom stereocenters. The van der Waals surface area contributed by atoms with E-state index in [0.29, 0.717) is 13.1 Å². The van der Waals surface area contributed by atoms with Gasteiger partial charge >= 0.3 is 0 Å². The average Bonchev–Trinajstić information content (AvgIpc) is 2.32. The summed E-state index contributed by atoms with van der Waals surface area (Å²) in [6.45, 7) is 8.86. The summed E-state index contributed by atoms with van der Waals surface area (Å²) in [7, 11) is 1.62. The zero-order valence-corrected chi connectivity index (χ0v) is 10.8. The molecule has 0 heterocycles. The minimum Gasteiger partial charge on any atom is -0.496 e. The van der Waals surface area contributed by atoms with Gasteiger partial charge < -0.3 is 15.2 Å². The zero-order valence-electron chi connectivity index (χ0n) is 10.8. The fourth-order valence-electron chi connectivity index (χ4n) is 1.68. The van der Waals surface area contributed by atoms with Crippen molar-refractivity contribution in [1.29, 1.82) is 0 Å². The van der Waals surface area contributed by atoms with E-state index in [1.165, 1.54) is 0 Å². The standard InChI is InChI=1S/C14H21NO2/c1-5-6-15-9-13(16)12-7-10(2)11(3)8-14(12)17-4/h5,7-8,13,15-16H,1,6,9H2,2-4H3. The lowest BCUT2D eigenvalue weighted by molar-refractivity contribution is 0.172. The Balaban J connectivity index is 2.87. The second-order valence-electron chi connectivity index (χ2n) is 4.14. The number of aliphatic hydroxyl groups is 1. The van der Waals surface area contributed by atoms with Gasteiger partial charge in [-0.25, -0.2) is 0 Å². The van der Waals surface area contributed by atoms with Crippen LogP contribution in [0.25, 0.3) is 0 Å². The Hall–Kier alpha value is -1.32. The van der Waals surface area contributed by atoms with E-state index in [1.807, 2.05) is 26.0 Å². The second-order valence-corrected chi connectivity index (χ2v) is 4.14. The Morgan fingerprint density at radius 1 is 1.41 bits per heavy atom. The van der Waals surface area contributed by atoms with Crippen LogP contribution in [-0.2, 0) is 0 Å². The molecule has 0 aliphatic heterocycles. The predicted octanol–water partition coefficient (Wildman–Crippen LogP) is 2.12. The van der Waals surface area contributed by atoms with Crippen LogP contribution in [-0.4, -0.2) is 25.3 Å². The molecule has 3 heteroatoms. The number of ether oxygens (including phenoxy) is 1. The lowest BCUT2D eigenvalue weighted by atomic mass is 10.0. The molecule has 0 saturated carbocycles. The number of rotatable bonds is 6. The largest absolute Gasteiger partial charge is 0.496 e. The van der Waals surface area contributed by atoms with Crippen LogP contribution in [0.3, 0.4) is 0 Å². The third-order valence-electron chi connectivity index (χ3n) is 2.83. The quantitative estimate of drug-likeness (QED) is 0.586. The monoisotopic (exact) mass is 235 g/mol. The first kappa shape index (κ1) is 13.7. The molecule has 0 spiro atoms. The Morgan fingerprint density at radius 3 is 2.65 bits per heavy atom. The molecule has 1 aromatic rings. The van der Waals surface area contributed by atoms with E-state index in [0.717, 1.165) is 22.4 Å². The Kier molecular flexibility index (Phi) is 5.19. The number of hydrogen-bond acceptors (Lipinski definition) is 3. The fraction of sp³-hybridized carbons (Fsp3) is 0.429. The minimum absolute atomic E-state index is 0.491. The van der Waals surface area contributed by atoms with Crippen molar-refractivity contribution in [3.8, 4) is 5.75 Å². The number of aryl methyl sites for hydroxylation is 2. The highest BCUT2D eigenvalue weighted by Gasteiger charge is 2.14. The van der Waals surface area contributed by atoms with E-state index in [-0.39, 0.29) is 0 Å². The lowest BCUT2D eigenvalue weighted by Crippen LogP contribution is -2.21. The summed E-state index contributed by atoms with van der Waals surface area (Å²) in [6, 6.07) is 3.94. The minimum atomic E-state index is -0.566. The van der Waals surface area contributed by atoms with Gasteiger partial charge in [-0.2, -0.15) is 0 Å². The summed E-state index contributed by atoms with van der Waals surface area (Å²) >= 11 is 0. The van der Waals surface area contributed by atoms with Crippen molar-refractivity contribution >= 4 is 0 Å². The van der Waals surface area contributed by atoms with Crippen molar-refractivity contribution < 1.29 is 9.84 Å². The molecule has 0 saturated heterocycles. The SMILES string of the molecule is C=CCNCC(O)c1cc(C)c(C)cc1OC. The molecule has 0 amide bonds. The molecule has 1 unspecified atom stereocenters. The smallest absolute Gasteiger partial charge is 0.124 e. The zero-order chi connectivity index (χ0) is 12.8. The molecule has 3 nitrogen and oxygen atoms in total. The third kappa shape index (κ3) is 3.58. The highest BCUT2D eigenvalue weighted by atomic mass is 16.5. The highest BCUT2D eigenvalue weighted by Crippen LogP contribution is 2.28. The molecule has 0 radical (unpaired) electrons. The van der Waals surface area contributed by atoms with Crippen LogP contribution in [0, 0.1) is 13.8 Å². The molecule has 17 heavy (non-hydrogen) atoms. The molecular formula is C14H21NO2. The van der Waals surface area contributed by atoms with E-state index in [4.69, 9.17) is 4.74 Å². The number of aliphatic hydroxyl groups excluding tert-OH is 1. The topological polar surface area (TPSA) is 41.5 Å². The maximum absolute atomic E-state index is 10.1. The lowest BCUT2D eigenvalue weighted by Gasteiger charge is -2.17. The number of hydrogen-bond donors (Lipinski definition) is 2. The van der Waals surface area contributed by atoms with Gasteiger partial charge in [-0.15, -0.1) is 6.58 Å². The van der Waals surface area contributed by atoms with E-state index < -0.39 is 6.10 Å². The second kappa shape index (κ2) is 6.42. The fourth-order valence-corrected chi connectivity index (χ4v) is 1.68. The van der Waals surface area contributed by atoms with Crippen molar-refractivity contribution in [3.63, 3.8) is 0 Å². The van der Waals surface area contributed by atoms with Gasteiger partial charge in [-0.1, -0.05) is 6.08 Å². The summed E-state index contributed by atoms with van der Waals surface area (Å²) in [5, 5.41) is 13.2. The van der Waals surface area contributed by atoms with E-state index in [1.54, 1.807) is 13.2 Å². The van der Waals surface area contributed by atoms with Crippen LogP contribution in [0.4, 0.5) is 0 Å². The van der Waals surface area contributed by atoms with Gasteiger partial charge in [0.1, 0.15) is 5.75 Å². The summed E-state index contributed by atoms with van der Waals surface area (Å²) < 4.78 is 5.30. The van der Waals surface area contributed by atoms with Crippen LogP contribution in [0.1, 0.15) is 22.8 Å². The van der Waals surface area contributed by atoms with E-state index in [2.05, 4.69) is 11.9 Å². The van der Waals surface area contributed by atoms with Crippen molar-refractivity contribution in [2.24, 2.45) is 0 Å². The van der Waals surface area contributed by atoms with Crippen LogP contribution in [0.5, 0.6) is 5.75 Å². The average molecular weight is 235 g/mol. The molecule has 0 aromatic heterocycles. The van der Waals surface area contributed by atoms with Crippen molar-refractivity contribution in [2.45, 2.75) is 20.0 Å². The molecular weight excluding hydrogens is 214 g/mol. The van der Waals surface area contributed by atoms with Crippen molar-refractivity contribution in [3.05, 3.63) is 41.5 Å². The summed E-state index contributed by atoms with van der Waals surface area (Å²) in [5.41, 5.74) is 3.15. The molecule has 0 fully saturated rings. The Labute approximate surface area is 103 Å². The normalized spacial score (nSPS) is 12.2. The Bertz CT molecular complexity index is 388. The molecule has 2 N–H and O–H groups in total. The van der Waals surface area contributed by atoms with Gasteiger partial charge in [0.15, 0.2) is 0 Å². The number of methoxy groups -OCH3 is 1. The molecule has 1 aromatic carbocycles. The molecule has 94 valence electrons. The van der Waals surface area contributed by atoms with Gasteiger partial charge in [0.2, 0.25) is 0 Å². The van der Waals surface area contributed by atoms with Crippen LogP contribution >= 0.6 is 0 Å². The van der Waals surface area contributed by atoms with Gasteiger partial charge in [-0.3, -0.25) is 0 Å². The van der Waals surface area contributed by atoms with Crippen molar-refractivity contribution in [1.82, 2.24) is 5.32 Å². The Morgan fingerprint density at radius 2 is 2.06 bits per heavy atom. The maximum Gasteiger partial charge on any atom is 0.124 e. The maximum atomic E-state index is 10.1. The predicted molar refractivity (Wildman–Crippen MR) is 70.5 cm³/mol.